The predicted molar refractivity (Wildman–Crippen MR) is 82.7 cm³/mol. The molecule has 114 valence electrons. The summed E-state index contributed by atoms with van der Waals surface area (Å²) in [5, 5.41) is 3.13. The molecule has 0 saturated heterocycles. The summed E-state index contributed by atoms with van der Waals surface area (Å²) >= 11 is 0. The highest BCUT2D eigenvalue weighted by Gasteiger charge is 2.09. The Hall–Kier alpha value is -2.01. The summed E-state index contributed by atoms with van der Waals surface area (Å²) in [7, 11) is 3.57. The summed E-state index contributed by atoms with van der Waals surface area (Å²) in [6.45, 7) is 5.51. The molecule has 1 heterocycles. The van der Waals surface area contributed by atoms with Crippen molar-refractivity contribution in [1.29, 1.82) is 0 Å². The first kappa shape index (κ1) is 15.4. The molecule has 0 saturated carbocycles. The van der Waals surface area contributed by atoms with E-state index in [0.29, 0.717) is 12.6 Å². The number of nitrogens with zero attached hydrogens (tertiary/aromatic N) is 2. The summed E-state index contributed by atoms with van der Waals surface area (Å²) in [6, 6.07) is 6.33. The first-order valence-corrected chi connectivity index (χ1v) is 7.10. The van der Waals surface area contributed by atoms with Crippen molar-refractivity contribution in [2.75, 3.05) is 14.2 Å². The summed E-state index contributed by atoms with van der Waals surface area (Å²) in [5.74, 6) is 1.49. The summed E-state index contributed by atoms with van der Waals surface area (Å²) in [6.07, 6.45) is 3.67. The van der Waals surface area contributed by atoms with Crippen molar-refractivity contribution in [2.24, 2.45) is 0 Å². The van der Waals surface area contributed by atoms with E-state index in [-0.39, 0.29) is 0 Å². The number of ether oxygens (including phenoxy) is 2. The Kier molecular flexibility index (Phi) is 5.22. The SMILES string of the molecule is CNCc1ccc(OC)c(OCc2cncn2C(C)C)c1. The van der Waals surface area contributed by atoms with Crippen LogP contribution in [-0.4, -0.2) is 23.7 Å². The fourth-order valence-electron chi connectivity index (χ4n) is 2.21. The Morgan fingerprint density at radius 1 is 1.29 bits per heavy atom. The van der Waals surface area contributed by atoms with E-state index in [4.69, 9.17) is 9.47 Å². The molecule has 0 atom stereocenters. The van der Waals surface area contributed by atoms with Crippen LogP contribution in [0, 0.1) is 0 Å². The van der Waals surface area contributed by atoms with Crippen LogP contribution in [0.25, 0.3) is 0 Å². The van der Waals surface area contributed by atoms with E-state index in [1.165, 1.54) is 0 Å². The standard InChI is InChI=1S/C16H23N3O2/c1-12(2)19-11-18-9-14(19)10-21-16-7-13(8-17-3)5-6-15(16)20-4/h5-7,9,11-12,17H,8,10H2,1-4H3. The van der Waals surface area contributed by atoms with E-state index >= 15 is 0 Å². The van der Waals surface area contributed by atoms with Crippen molar-refractivity contribution in [3.05, 3.63) is 42.0 Å². The maximum Gasteiger partial charge on any atom is 0.162 e. The molecule has 5 heteroatoms. The molecular formula is C16H23N3O2. The van der Waals surface area contributed by atoms with Crippen molar-refractivity contribution in [3.8, 4) is 11.5 Å². The van der Waals surface area contributed by atoms with Gasteiger partial charge in [0.25, 0.3) is 0 Å². The first-order chi connectivity index (χ1) is 10.2. The van der Waals surface area contributed by atoms with Gasteiger partial charge in [-0.15, -0.1) is 0 Å². The number of hydrogen-bond donors (Lipinski definition) is 1. The van der Waals surface area contributed by atoms with E-state index in [1.807, 2.05) is 37.8 Å². The highest BCUT2D eigenvalue weighted by atomic mass is 16.5. The maximum absolute atomic E-state index is 5.94. The van der Waals surface area contributed by atoms with E-state index in [9.17, 15) is 0 Å². The molecule has 0 spiro atoms. The average Bonchev–Trinajstić information content (AvgIpc) is 2.94. The van der Waals surface area contributed by atoms with Gasteiger partial charge in [-0.25, -0.2) is 4.98 Å². The van der Waals surface area contributed by atoms with Gasteiger partial charge < -0.3 is 19.4 Å². The summed E-state index contributed by atoms with van der Waals surface area (Å²) in [5.41, 5.74) is 2.21. The van der Waals surface area contributed by atoms with Crippen LogP contribution in [0.2, 0.25) is 0 Å². The smallest absolute Gasteiger partial charge is 0.162 e. The van der Waals surface area contributed by atoms with Gasteiger partial charge in [0.1, 0.15) is 6.61 Å². The Morgan fingerprint density at radius 3 is 2.76 bits per heavy atom. The molecular weight excluding hydrogens is 266 g/mol. The molecule has 5 nitrogen and oxygen atoms in total. The highest BCUT2D eigenvalue weighted by molar-refractivity contribution is 5.43. The molecule has 0 aliphatic rings. The van der Waals surface area contributed by atoms with E-state index in [1.54, 1.807) is 7.11 Å². The van der Waals surface area contributed by atoms with Crippen LogP contribution in [0.5, 0.6) is 11.5 Å². The van der Waals surface area contributed by atoms with Gasteiger partial charge in [0.2, 0.25) is 0 Å². The molecule has 1 aromatic carbocycles. The Labute approximate surface area is 125 Å². The Morgan fingerprint density at radius 2 is 2.10 bits per heavy atom. The number of nitrogens with one attached hydrogen (secondary N) is 1. The zero-order valence-corrected chi connectivity index (χ0v) is 13.1. The Bertz CT molecular complexity index is 579. The van der Waals surface area contributed by atoms with Gasteiger partial charge in [0.15, 0.2) is 11.5 Å². The summed E-state index contributed by atoms with van der Waals surface area (Å²) in [4.78, 5) is 4.19. The van der Waals surface area contributed by atoms with Crippen LogP contribution in [0.15, 0.2) is 30.7 Å². The molecule has 1 aromatic heterocycles. The second-order valence-corrected chi connectivity index (χ2v) is 5.19. The topological polar surface area (TPSA) is 48.3 Å². The lowest BCUT2D eigenvalue weighted by Crippen LogP contribution is -2.08. The van der Waals surface area contributed by atoms with Gasteiger partial charge >= 0.3 is 0 Å². The summed E-state index contributed by atoms with van der Waals surface area (Å²) < 4.78 is 13.4. The van der Waals surface area contributed by atoms with Gasteiger partial charge in [-0.1, -0.05) is 6.07 Å². The van der Waals surface area contributed by atoms with Crippen molar-refractivity contribution in [2.45, 2.75) is 33.0 Å². The Balaban J connectivity index is 2.14. The molecule has 0 bridgehead atoms. The van der Waals surface area contributed by atoms with Crippen molar-refractivity contribution in [1.82, 2.24) is 14.9 Å². The number of hydrogen-bond acceptors (Lipinski definition) is 4. The second-order valence-electron chi connectivity index (χ2n) is 5.19. The number of benzene rings is 1. The lowest BCUT2D eigenvalue weighted by molar-refractivity contribution is 0.273. The van der Waals surface area contributed by atoms with Gasteiger partial charge in [-0.05, 0) is 38.6 Å². The molecule has 0 aliphatic carbocycles. The van der Waals surface area contributed by atoms with E-state index in [0.717, 1.165) is 29.3 Å². The number of aromatic nitrogens is 2. The minimum atomic E-state index is 0.364. The first-order valence-electron chi connectivity index (χ1n) is 7.10. The third-order valence-electron chi connectivity index (χ3n) is 3.29. The second kappa shape index (κ2) is 7.13. The van der Waals surface area contributed by atoms with Crippen LogP contribution in [0.1, 0.15) is 31.1 Å². The number of methoxy groups -OCH3 is 1. The van der Waals surface area contributed by atoms with Crippen LogP contribution >= 0.6 is 0 Å². The lowest BCUT2D eigenvalue weighted by atomic mass is 10.2. The lowest BCUT2D eigenvalue weighted by Gasteiger charge is -2.15. The quantitative estimate of drug-likeness (QED) is 0.851. The average molecular weight is 289 g/mol. The fraction of sp³-hybridized carbons (Fsp3) is 0.438. The number of imidazole rings is 1. The third kappa shape index (κ3) is 3.76. The predicted octanol–water partition coefficient (Wildman–Crippen LogP) is 2.77. The van der Waals surface area contributed by atoms with Crippen LogP contribution in [0.3, 0.4) is 0 Å². The molecule has 0 unspecified atom stereocenters. The number of rotatable bonds is 7. The molecule has 0 radical (unpaired) electrons. The van der Waals surface area contributed by atoms with Gasteiger partial charge in [-0.2, -0.15) is 0 Å². The van der Waals surface area contributed by atoms with Crippen molar-refractivity contribution >= 4 is 0 Å². The van der Waals surface area contributed by atoms with Crippen molar-refractivity contribution < 1.29 is 9.47 Å². The minimum Gasteiger partial charge on any atom is -0.493 e. The molecule has 0 fully saturated rings. The monoisotopic (exact) mass is 289 g/mol. The van der Waals surface area contributed by atoms with E-state index < -0.39 is 0 Å². The highest BCUT2D eigenvalue weighted by Crippen LogP contribution is 2.29. The van der Waals surface area contributed by atoms with Crippen LogP contribution in [-0.2, 0) is 13.2 Å². The zero-order valence-electron chi connectivity index (χ0n) is 13.1. The fourth-order valence-corrected chi connectivity index (χ4v) is 2.21. The molecule has 21 heavy (non-hydrogen) atoms. The molecule has 1 N–H and O–H groups in total. The van der Waals surface area contributed by atoms with E-state index in [2.05, 4.69) is 28.7 Å². The van der Waals surface area contributed by atoms with Crippen LogP contribution < -0.4 is 14.8 Å². The van der Waals surface area contributed by atoms with Gasteiger partial charge in [0, 0.05) is 12.6 Å². The molecule has 0 amide bonds. The third-order valence-corrected chi connectivity index (χ3v) is 3.29. The normalized spacial score (nSPS) is 10.9. The van der Waals surface area contributed by atoms with Crippen LogP contribution in [0.4, 0.5) is 0 Å². The van der Waals surface area contributed by atoms with Gasteiger partial charge in [-0.3, -0.25) is 0 Å². The van der Waals surface area contributed by atoms with Gasteiger partial charge in [0.05, 0.1) is 25.3 Å². The molecule has 2 rings (SSSR count). The molecule has 2 aromatic rings. The van der Waals surface area contributed by atoms with Crippen molar-refractivity contribution in [3.63, 3.8) is 0 Å². The largest absolute Gasteiger partial charge is 0.493 e. The zero-order chi connectivity index (χ0) is 15.2. The maximum atomic E-state index is 5.94. The molecule has 0 aliphatic heterocycles. The minimum absolute atomic E-state index is 0.364.